The molecule has 146 valence electrons. The average molecular weight is 396 g/mol. The first-order chi connectivity index (χ1) is 13.6. The van der Waals surface area contributed by atoms with Gasteiger partial charge in [-0.2, -0.15) is 0 Å². The first-order valence-electron chi connectivity index (χ1n) is 9.93. The maximum absolute atomic E-state index is 12.7. The highest BCUT2D eigenvalue weighted by atomic mass is 32.1. The molecule has 0 saturated carbocycles. The number of nitrogens with zero attached hydrogens (tertiary/aromatic N) is 3. The summed E-state index contributed by atoms with van der Waals surface area (Å²) in [5.41, 5.74) is 1.24. The zero-order valence-corrected chi connectivity index (χ0v) is 17.0. The molecule has 3 aromatic rings. The van der Waals surface area contributed by atoms with Crippen LogP contribution in [0.15, 0.2) is 47.5 Å². The molecule has 4 rings (SSSR count). The lowest BCUT2D eigenvalue weighted by Crippen LogP contribution is -2.41. The monoisotopic (exact) mass is 395 g/mol. The molecule has 6 heteroatoms. The van der Waals surface area contributed by atoms with Crippen LogP contribution in [-0.2, 0) is 24.2 Å². The number of likely N-dealkylation sites (tertiary alicyclic amines) is 1. The Morgan fingerprint density at radius 3 is 2.68 bits per heavy atom. The summed E-state index contributed by atoms with van der Waals surface area (Å²) in [6.07, 6.45) is 5.49. The molecule has 0 atom stereocenters. The van der Waals surface area contributed by atoms with Gasteiger partial charge in [-0.3, -0.25) is 14.2 Å². The number of carbonyl (C=O) groups excluding carboxylic acids is 1. The minimum absolute atomic E-state index is 0.00681. The molecular formula is C22H25N3O2S. The Morgan fingerprint density at radius 1 is 1.21 bits per heavy atom. The maximum atomic E-state index is 12.7. The van der Waals surface area contributed by atoms with Crippen LogP contribution in [0.5, 0.6) is 0 Å². The first-order valence-corrected chi connectivity index (χ1v) is 10.7. The van der Waals surface area contributed by atoms with Crippen LogP contribution in [0, 0.1) is 5.92 Å². The molecule has 2 aromatic heterocycles. The van der Waals surface area contributed by atoms with E-state index in [0.29, 0.717) is 11.3 Å². The molecule has 1 amide bonds. The summed E-state index contributed by atoms with van der Waals surface area (Å²) in [6, 6.07) is 12.4. The largest absolute Gasteiger partial charge is 0.341 e. The number of amides is 1. The Kier molecular flexibility index (Phi) is 5.57. The summed E-state index contributed by atoms with van der Waals surface area (Å²) < 4.78 is 1.45. The van der Waals surface area contributed by atoms with Crippen molar-refractivity contribution in [3.63, 3.8) is 0 Å². The zero-order valence-electron chi connectivity index (χ0n) is 16.1. The van der Waals surface area contributed by atoms with Crippen molar-refractivity contribution >= 4 is 27.5 Å². The van der Waals surface area contributed by atoms with E-state index in [1.165, 1.54) is 16.5 Å². The van der Waals surface area contributed by atoms with E-state index in [9.17, 15) is 9.59 Å². The van der Waals surface area contributed by atoms with E-state index in [1.807, 2.05) is 17.0 Å². The van der Waals surface area contributed by atoms with Crippen molar-refractivity contribution < 1.29 is 4.79 Å². The zero-order chi connectivity index (χ0) is 19.5. The molecule has 0 radical (unpaired) electrons. The Bertz CT molecular complexity index is 1020. The number of rotatable bonds is 5. The number of hydrogen-bond donors (Lipinski definition) is 0. The molecule has 1 fully saturated rings. The van der Waals surface area contributed by atoms with E-state index in [0.717, 1.165) is 48.5 Å². The van der Waals surface area contributed by atoms with Crippen LogP contribution in [0.4, 0.5) is 0 Å². The molecule has 3 heterocycles. The van der Waals surface area contributed by atoms with Crippen molar-refractivity contribution in [1.29, 1.82) is 0 Å². The topological polar surface area (TPSA) is 55.2 Å². The van der Waals surface area contributed by atoms with Crippen molar-refractivity contribution in [3.05, 3.63) is 63.5 Å². The van der Waals surface area contributed by atoms with Crippen molar-refractivity contribution in [2.24, 2.45) is 5.92 Å². The minimum atomic E-state index is -0.117. The third-order valence-corrected chi connectivity index (χ3v) is 6.75. The Hall–Kier alpha value is -2.47. The number of piperidine rings is 1. The van der Waals surface area contributed by atoms with Gasteiger partial charge < -0.3 is 4.90 Å². The molecule has 0 spiro atoms. The van der Waals surface area contributed by atoms with Gasteiger partial charge >= 0.3 is 0 Å². The van der Waals surface area contributed by atoms with Gasteiger partial charge in [0.2, 0.25) is 5.91 Å². The molecule has 0 aliphatic carbocycles. The lowest BCUT2D eigenvalue weighted by Gasteiger charge is -2.32. The SMILES string of the molecule is CCc1cc2c(=O)n(CC(=O)N3CCC(Cc4ccccc4)CC3)cnc2s1. The second-order valence-electron chi connectivity index (χ2n) is 7.48. The molecule has 0 N–H and O–H groups in total. The van der Waals surface area contributed by atoms with E-state index in [4.69, 9.17) is 0 Å². The van der Waals surface area contributed by atoms with Gasteiger partial charge in [-0.15, -0.1) is 11.3 Å². The fourth-order valence-corrected chi connectivity index (χ4v) is 4.80. The number of aromatic nitrogens is 2. The van der Waals surface area contributed by atoms with Crippen LogP contribution in [0.3, 0.4) is 0 Å². The fraction of sp³-hybridized carbons (Fsp3) is 0.409. The summed E-state index contributed by atoms with van der Waals surface area (Å²) in [6.45, 7) is 3.66. The van der Waals surface area contributed by atoms with Crippen LogP contribution in [0.2, 0.25) is 0 Å². The molecule has 28 heavy (non-hydrogen) atoms. The number of benzene rings is 1. The predicted molar refractivity (Wildman–Crippen MR) is 113 cm³/mol. The maximum Gasteiger partial charge on any atom is 0.262 e. The van der Waals surface area contributed by atoms with Gasteiger partial charge in [-0.1, -0.05) is 37.3 Å². The Labute approximate surface area is 168 Å². The van der Waals surface area contributed by atoms with Crippen molar-refractivity contribution in [2.45, 2.75) is 39.2 Å². The highest BCUT2D eigenvalue weighted by Gasteiger charge is 2.23. The van der Waals surface area contributed by atoms with E-state index in [-0.39, 0.29) is 18.0 Å². The van der Waals surface area contributed by atoms with Crippen LogP contribution in [-0.4, -0.2) is 33.4 Å². The van der Waals surface area contributed by atoms with Gasteiger partial charge in [-0.25, -0.2) is 4.98 Å². The van der Waals surface area contributed by atoms with E-state index >= 15 is 0 Å². The van der Waals surface area contributed by atoms with E-state index in [1.54, 1.807) is 11.3 Å². The average Bonchev–Trinajstić information content (AvgIpc) is 3.16. The molecule has 0 bridgehead atoms. The lowest BCUT2D eigenvalue weighted by molar-refractivity contribution is -0.133. The molecule has 1 aliphatic rings. The summed E-state index contributed by atoms with van der Waals surface area (Å²) in [5, 5.41) is 0.624. The molecule has 1 saturated heterocycles. The van der Waals surface area contributed by atoms with Gasteiger partial charge in [0.25, 0.3) is 5.56 Å². The summed E-state index contributed by atoms with van der Waals surface area (Å²) >= 11 is 1.55. The molecular weight excluding hydrogens is 370 g/mol. The number of fused-ring (bicyclic) bond motifs is 1. The standard InChI is InChI=1S/C22H25N3O2S/c1-2-18-13-19-21(28-18)23-15-25(22(19)27)14-20(26)24-10-8-17(9-11-24)12-16-6-4-3-5-7-16/h3-7,13,15,17H,2,8-12,14H2,1H3. The van der Waals surface area contributed by atoms with Crippen LogP contribution in [0.1, 0.15) is 30.2 Å². The number of carbonyl (C=O) groups is 1. The summed E-state index contributed by atoms with van der Waals surface area (Å²) in [5.74, 6) is 0.623. The molecule has 1 aromatic carbocycles. The van der Waals surface area contributed by atoms with Gasteiger partial charge in [-0.05, 0) is 43.2 Å². The van der Waals surface area contributed by atoms with E-state index < -0.39 is 0 Å². The van der Waals surface area contributed by atoms with Gasteiger partial charge in [0.1, 0.15) is 11.4 Å². The van der Waals surface area contributed by atoms with Crippen molar-refractivity contribution in [3.8, 4) is 0 Å². The van der Waals surface area contributed by atoms with Crippen molar-refractivity contribution in [1.82, 2.24) is 14.5 Å². The van der Waals surface area contributed by atoms with Crippen LogP contribution in [0.25, 0.3) is 10.2 Å². The predicted octanol–water partition coefficient (Wildman–Crippen LogP) is 3.50. The quantitative estimate of drug-likeness (QED) is 0.664. The highest BCUT2D eigenvalue weighted by Crippen LogP contribution is 2.23. The number of thiophene rings is 1. The third-order valence-electron chi connectivity index (χ3n) is 5.56. The minimum Gasteiger partial charge on any atom is -0.341 e. The number of aryl methyl sites for hydroxylation is 1. The molecule has 0 unspecified atom stereocenters. The fourth-order valence-electron chi connectivity index (χ4n) is 3.88. The van der Waals surface area contributed by atoms with Gasteiger partial charge in [0.05, 0.1) is 11.7 Å². The lowest BCUT2D eigenvalue weighted by atomic mass is 9.90. The summed E-state index contributed by atoms with van der Waals surface area (Å²) in [4.78, 5) is 33.6. The van der Waals surface area contributed by atoms with Crippen LogP contribution >= 0.6 is 11.3 Å². The first kappa shape index (κ1) is 18.9. The van der Waals surface area contributed by atoms with Crippen LogP contribution < -0.4 is 5.56 Å². The van der Waals surface area contributed by atoms with E-state index in [2.05, 4.69) is 36.2 Å². The normalized spacial score (nSPS) is 15.2. The Balaban J connectivity index is 1.37. The summed E-state index contributed by atoms with van der Waals surface area (Å²) in [7, 11) is 0. The second-order valence-corrected chi connectivity index (χ2v) is 8.59. The number of hydrogen-bond acceptors (Lipinski definition) is 4. The van der Waals surface area contributed by atoms with Gasteiger partial charge in [0.15, 0.2) is 0 Å². The smallest absolute Gasteiger partial charge is 0.262 e. The second kappa shape index (κ2) is 8.27. The van der Waals surface area contributed by atoms with Crippen molar-refractivity contribution in [2.75, 3.05) is 13.1 Å². The Morgan fingerprint density at radius 2 is 1.96 bits per heavy atom. The molecule has 5 nitrogen and oxygen atoms in total. The van der Waals surface area contributed by atoms with Gasteiger partial charge in [0, 0.05) is 18.0 Å². The molecule has 1 aliphatic heterocycles. The third kappa shape index (κ3) is 4.02. The highest BCUT2D eigenvalue weighted by molar-refractivity contribution is 7.18.